The van der Waals surface area contributed by atoms with Gasteiger partial charge in [-0.1, -0.05) is 81.5 Å². The third-order valence-corrected chi connectivity index (χ3v) is 7.09. The molecule has 0 atom stereocenters. The molecule has 1 aliphatic rings. The summed E-state index contributed by atoms with van der Waals surface area (Å²) in [7, 11) is 0. The van der Waals surface area contributed by atoms with Crippen molar-refractivity contribution < 1.29 is 4.39 Å². The highest BCUT2D eigenvalue weighted by Crippen LogP contribution is 2.39. The molecule has 3 aromatic carbocycles. The first-order chi connectivity index (χ1) is 15.2. The van der Waals surface area contributed by atoms with Gasteiger partial charge in [0.05, 0.1) is 11.6 Å². The first-order valence-corrected chi connectivity index (χ1v) is 11.9. The number of benzene rings is 3. The van der Waals surface area contributed by atoms with Crippen molar-refractivity contribution in [2.24, 2.45) is 5.92 Å². The summed E-state index contributed by atoms with van der Waals surface area (Å²) in [6.07, 6.45) is 12.0. The van der Waals surface area contributed by atoms with Gasteiger partial charge in [-0.15, -0.1) is 0 Å². The SMILES string of the molecule is CCCCCC[C@H]1CC[C@H](c2ccc3c(F)c(-c4ccc(C#N)cc4)ccc3c2)CC1. The molecule has 0 N–H and O–H groups in total. The van der Waals surface area contributed by atoms with E-state index in [1.165, 1.54) is 63.4 Å². The molecule has 31 heavy (non-hydrogen) atoms. The van der Waals surface area contributed by atoms with E-state index in [0.29, 0.717) is 22.4 Å². The van der Waals surface area contributed by atoms with Gasteiger partial charge in [0.15, 0.2) is 0 Å². The fourth-order valence-electron chi connectivity index (χ4n) is 5.16. The number of fused-ring (bicyclic) bond motifs is 1. The summed E-state index contributed by atoms with van der Waals surface area (Å²) in [5, 5.41) is 10.6. The van der Waals surface area contributed by atoms with Crippen molar-refractivity contribution in [1.82, 2.24) is 0 Å². The second-order valence-electron chi connectivity index (χ2n) is 9.16. The van der Waals surface area contributed by atoms with E-state index in [-0.39, 0.29) is 5.82 Å². The van der Waals surface area contributed by atoms with E-state index in [2.05, 4.69) is 25.1 Å². The molecule has 160 valence electrons. The van der Waals surface area contributed by atoms with Gasteiger partial charge in [-0.05, 0) is 66.2 Å². The fraction of sp³-hybridized carbons (Fsp3) is 0.414. The Morgan fingerprint density at radius 3 is 2.39 bits per heavy atom. The molecule has 0 unspecified atom stereocenters. The number of hydrogen-bond donors (Lipinski definition) is 0. The highest BCUT2D eigenvalue weighted by atomic mass is 19.1. The molecule has 1 fully saturated rings. The van der Waals surface area contributed by atoms with Gasteiger partial charge < -0.3 is 0 Å². The van der Waals surface area contributed by atoms with Crippen LogP contribution >= 0.6 is 0 Å². The molecule has 0 bridgehead atoms. The Morgan fingerprint density at radius 2 is 1.68 bits per heavy atom. The minimum absolute atomic E-state index is 0.176. The molecular weight excluding hydrogens is 381 g/mol. The molecule has 0 aliphatic heterocycles. The van der Waals surface area contributed by atoms with Crippen LogP contribution in [-0.2, 0) is 0 Å². The highest BCUT2D eigenvalue weighted by Gasteiger charge is 2.22. The van der Waals surface area contributed by atoms with Crippen molar-refractivity contribution in [1.29, 1.82) is 5.26 Å². The topological polar surface area (TPSA) is 23.8 Å². The Bertz CT molecular complexity index is 1050. The van der Waals surface area contributed by atoms with E-state index in [1.807, 2.05) is 30.3 Å². The summed E-state index contributed by atoms with van der Waals surface area (Å²) in [4.78, 5) is 0. The van der Waals surface area contributed by atoms with E-state index in [9.17, 15) is 0 Å². The van der Waals surface area contributed by atoms with Crippen LogP contribution in [0.1, 0.15) is 81.8 Å². The zero-order valence-electron chi connectivity index (χ0n) is 18.5. The van der Waals surface area contributed by atoms with Crippen LogP contribution < -0.4 is 0 Å². The smallest absolute Gasteiger partial charge is 0.138 e. The van der Waals surface area contributed by atoms with E-state index in [0.717, 1.165) is 16.9 Å². The van der Waals surface area contributed by atoms with Gasteiger partial charge >= 0.3 is 0 Å². The first kappa shape index (κ1) is 21.6. The minimum atomic E-state index is -0.176. The number of halogens is 1. The van der Waals surface area contributed by atoms with Crippen LogP contribution in [0.3, 0.4) is 0 Å². The largest absolute Gasteiger partial charge is 0.206 e. The number of nitriles is 1. The monoisotopic (exact) mass is 413 g/mol. The molecule has 0 saturated heterocycles. The molecule has 1 saturated carbocycles. The Balaban J connectivity index is 1.46. The molecule has 0 heterocycles. The minimum Gasteiger partial charge on any atom is -0.206 e. The van der Waals surface area contributed by atoms with Crippen molar-refractivity contribution >= 4 is 10.8 Å². The maximum Gasteiger partial charge on any atom is 0.138 e. The summed E-state index contributed by atoms with van der Waals surface area (Å²) in [6.45, 7) is 2.27. The molecule has 4 rings (SSSR count). The van der Waals surface area contributed by atoms with Gasteiger partial charge in [0.1, 0.15) is 5.82 Å². The average molecular weight is 414 g/mol. The maximum absolute atomic E-state index is 15.3. The lowest BCUT2D eigenvalue weighted by Gasteiger charge is -2.29. The normalized spacial score (nSPS) is 18.7. The van der Waals surface area contributed by atoms with Crippen molar-refractivity contribution in [3.8, 4) is 17.2 Å². The fourth-order valence-corrected chi connectivity index (χ4v) is 5.16. The number of nitrogens with zero attached hydrogens (tertiary/aromatic N) is 1. The van der Waals surface area contributed by atoms with Crippen molar-refractivity contribution in [3.05, 3.63) is 71.5 Å². The zero-order chi connectivity index (χ0) is 21.6. The second kappa shape index (κ2) is 10.1. The summed E-state index contributed by atoms with van der Waals surface area (Å²) in [5.41, 5.74) is 3.35. The van der Waals surface area contributed by atoms with Gasteiger partial charge in [-0.3, -0.25) is 0 Å². The lowest BCUT2D eigenvalue weighted by atomic mass is 9.76. The zero-order valence-corrected chi connectivity index (χ0v) is 18.5. The first-order valence-electron chi connectivity index (χ1n) is 11.9. The van der Waals surface area contributed by atoms with Crippen LogP contribution in [0.15, 0.2) is 54.6 Å². The second-order valence-corrected chi connectivity index (χ2v) is 9.16. The van der Waals surface area contributed by atoms with Crippen molar-refractivity contribution in [2.45, 2.75) is 70.6 Å². The Labute approximate surface area is 185 Å². The van der Waals surface area contributed by atoms with Gasteiger partial charge in [0.25, 0.3) is 0 Å². The maximum atomic E-state index is 15.3. The van der Waals surface area contributed by atoms with Crippen LogP contribution in [0.5, 0.6) is 0 Å². The molecule has 0 amide bonds. The summed E-state index contributed by atoms with van der Waals surface area (Å²) in [6, 6.07) is 19.4. The van der Waals surface area contributed by atoms with Crippen LogP contribution in [0.25, 0.3) is 21.9 Å². The predicted molar refractivity (Wildman–Crippen MR) is 128 cm³/mol. The van der Waals surface area contributed by atoms with E-state index in [4.69, 9.17) is 5.26 Å². The van der Waals surface area contributed by atoms with Crippen LogP contribution in [0.4, 0.5) is 4.39 Å². The molecule has 3 aromatic rings. The average Bonchev–Trinajstić information content (AvgIpc) is 2.82. The van der Waals surface area contributed by atoms with Crippen LogP contribution in [-0.4, -0.2) is 0 Å². The van der Waals surface area contributed by atoms with Crippen molar-refractivity contribution in [3.63, 3.8) is 0 Å². The third kappa shape index (κ3) is 4.99. The van der Waals surface area contributed by atoms with Gasteiger partial charge in [-0.2, -0.15) is 5.26 Å². The van der Waals surface area contributed by atoms with E-state index < -0.39 is 0 Å². The number of rotatable bonds is 7. The van der Waals surface area contributed by atoms with Crippen LogP contribution in [0.2, 0.25) is 0 Å². The summed E-state index contributed by atoms with van der Waals surface area (Å²) >= 11 is 0. The Morgan fingerprint density at radius 1 is 0.903 bits per heavy atom. The van der Waals surface area contributed by atoms with Gasteiger partial charge in [-0.25, -0.2) is 4.39 Å². The molecule has 1 aliphatic carbocycles. The summed E-state index contributed by atoms with van der Waals surface area (Å²) in [5.74, 6) is 1.34. The lowest BCUT2D eigenvalue weighted by Crippen LogP contribution is -2.13. The van der Waals surface area contributed by atoms with Gasteiger partial charge in [0.2, 0.25) is 0 Å². The molecule has 2 heteroatoms. The highest BCUT2D eigenvalue weighted by molar-refractivity contribution is 5.89. The number of unbranched alkanes of at least 4 members (excludes halogenated alkanes) is 3. The Hall–Kier alpha value is -2.66. The quantitative estimate of drug-likeness (QED) is 0.355. The standard InChI is InChI=1S/C29H32FN/c1-2-3-4-5-6-21-7-11-23(12-8-21)25-15-17-28-26(19-25)16-18-27(29(28)30)24-13-9-22(20-31)10-14-24/h9-10,13-19,21,23H,2-8,11-12H2,1H3/t21-,23-. The molecule has 0 radical (unpaired) electrons. The summed E-state index contributed by atoms with van der Waals surface area (Å²) < 4.78 is 15.3. The lowest BCUT2D eigenvalue weighted by molar-refractivity contribution is 0.302. The van der Waals surface area contributed by atoms with Crippen LogP contribution in [0, 0.1) is 23.1 Å². The Kier molecular flexibility index (Phi) is 7.03. The number of hydrogen-bond acceptors (Lipinski definition) is 1. The third-order valence-electron chi connectivity index (χ3n) is 7.09. The molecule has 1 nitrogen and oxygen atoms in total. The van der Waals surface area contributed by atoms with Crippen molar-refractivity contribution in [2.75, 3.05) is 0 Å². The predicted octanol–water partition coefficient (Wildman–Crippen LogP) is 8.76. The van der Waals surface area contributed by atoms with Gasteiger partial charge in [0, 0.05) is 10.9 Å². The molecular formula is C29H32FN. The van der Waals surface area contributed by atoms with E-state index in [1.54, 1.807) is 12.1 Å². The van der Waals surface area contributed by atoms with E-state index >= 15 is 4.39 Å². The molecule has 0 aromatic heterocycles. The molecule has 0 spiro atoms.